The van der Waals surface area contributed by atoms with Crippen molar-refractivity contribution < 1.29 is 23.8 Å². The number of aliphatic hydroxyl groups excluding tert-OH is 1. The molecule has 2 amide bonds. The van der Waals surface area contributed by atoms with Gasteiger partial charge in [0.05, 0.1) is 26.9 Å². The topological polar surface area (TPSA) is 74.3 Å². The Morgan fingerprint density at radius 2 is 1.76 bits per heavy atom. The van der Waals surface area contributed by atoms with E-state index in [0.717, 1.165) is 42.9 Å². The first kappa shape index (κ1) is 27.3. The third-order valence-corrected chi connectivity index (χ3v) is 8.96. The van der Waals surface area contributed by atoms with E-state index in [1.165, 1.54) is 34.4 Å². The lowest BCUT2D eigenvalue weighted by atomic mass is 9.66. The number of carbonyl (C=O) groups excluding carboxylic acids is 1. The Hall–Kier alpha value is -3.88. The second kappa shape index (κ2) is 11.2. The van der Waals surface area contributed by atoms with E-state index in [1.807, 2.05) is 23.1 Å². The van der Waals surface area contributed by atoms with Crippen LogP contribution in [0.1, 0.15) is 29.5 Å². The second-order valence-corrected chi connectivity index (χ2v) is 11.3. The van der Waals surface area contributed by atoms with Crippen molar-refractivity contribution in [2.75, 3.05) is 45.8 Å². The van der Waals surface area contributed by atoms with Crippen LogP contribution in [0.4, 0.5) is 14.9 Å². The van der Waals surface area contributed by atoms with E-state index in [2.05, 4.69) is 34.5 Å². The monoisotopic (exact) mass is 557 g/mol. The first-order valence-electron chi connectivity index (χ1n) is 14.1. The molecule has 214 valence electrons. The minimum Gasteiger partial charge on any atom is -0.497 e. The number of urea groups is 1. The number of fused-ring (bicyclic) bond motifs is 3. The number of halogens is 1. The molecule has 1 saturated heterocycles. The van der Waals surface area contributed by atoms with Crippen LogP contribution < -0.4 is 14.8 Å². The third-order valence-electron chi connectivity index (χ3n) is 8.96. The van der Waals surface area contributed by atoms with E-state index in [9.17, 15) is 14.3 Å². The molecular weight excluding hydrogens is 521 g/mol. The lowest BCUT2D eigenvalue weighted by Crippen LogP contribution is -2.55. The van der Waals surface area contributed by atoms with Gasteiger partial charge in [0, 0.05) is 37.3 Å². The van der Waals surface area contributed by atoms with Crippen molar-refractivity contribution >= 4 is 17.3 Å². The number of ether oxygens (including phenoxy) is 2. The van der Waals surface area contributed by atoms with Gasteiger partial charge in [0.15, 0.2) is 0 Å². The Labute approximate surface area is 240 Å². The fourth-order valence-electron chi connectivity index (χ4n) is 6.93. The lowest BCUT2D eigenvalue weighted by molar-refractivity contribution is 0.0611. The van der Waals surface area contributed by atoms with Crippen LogP contribution in [0.2, 0.25) is 0 Å². The van der Waals surface area contributed by atoms with Gasteiger partial charge in [0.25, 0.3) is 0 Å². The molecular formula is C33H36FN3O4. The number of amides is 2. The molecule has 8 heteroatoms. The number of benzene rings is 3. The van der Waals surface area contributed by atoms with Crippen LogP contribution in [-0.2, 0) is 13.0 Å². The molecule has 0 aromatic heterocycles. The standard InChI is InChI=1S/C33H36FN3O4/c1-40-26-8-6-22(7-9-26)19-37-21-33(12-14-36(15-13-33)32(39)35-25-5-3-4-24(34)18-25)31-28-11-10-27(41-2)16-23(28)17-29(31)30(37)20-38/h3-11,16,18,30,38H,12-15,17,19-21H2,1-2H3,(H,35,39)/t30-/m0/s1. The Morgan fingerprint density at radius 3 is 2.44 bits per heavy atom. The second-order valence-electron chi connectivity index (χ2n) is 11.3. The van der Waals surface area contributed by atoms with Gasteiger partial charge in [0.1, 0.15) is 17.3 Å². The summed E-state index contributed by atoms with van der Waals surface area (Å²) < 4.78 is 24.6. The Morgan fingerprint density at radius 1 is 1.02 bits per heavy atom. The molecule has 0 unspecified atom stereocenters. The maximum Gasteiger partial charge on any atom is 0.321 e. The molecule has 3 aliphatic rings. The highest BCUT2D eigenvalue weighted by molar-refractivity contribution is 5.89. The zero-order chi connectivity index (χ0) is 28.6. The van der Waals surface area contributed by atoms with Crippen molar-refractivity contribution in [3.8, 4) is 11.5 Å². The van der Waals surface area contributed by atoms with Crippen LogP contribution in [0.5, 0.6) is 11.5 Å². The van der Waals surface area contributed by atoms with E-state index in [0.29, 0.717) is 25.3 Å². The summed E-state index contributed by atoms with van der Waals surface area (Å²) in [6.45, 7) is 2.70. The molecule has 2 N–H and O–H groups in total. The van der Waals surface area contributed by atoms with Crippen LogP contribution in [-0.4, -0.2) is 67.4 Å². The zero-order valence-electron chi connectivity index (χ0n) is 23.5. The average molecular weight is 558 g/mol. The molecule has 6 rings (SSSR count). The number of hydrogen-bond acceptors (Lipinski definition) is 5. The third kappa shape index (κ3) is 5.18. The Balaban J connectivity index is 1.30. The minimum atomic E-state index is -0.381. The summed E-state index contributed by atoms with van der Waals surface area (Å²) in [7, 11) is 3.35. The number of nitrogens with one attached hydrogen (secondary N) is 1. The molecule has 0 radical (unpaired) electrons. The number of hydrogen-bond donors (Lipinski definition) is 2. The zero-order valence-corrected chi connectivity index (χ0v) is 23.5. The molecule has 2 aliphatic heterocycles. The molecule has 1 fully saturated rings. The number of rotatable bonds is 6. The van der Waals surface area contributed by atoms with Crippen LogP contribution in [0.3, 0.4) is 0 Å². The molecule has 2 heterocycles. The van der Waals surface area contributed by atoms with Crippen molar-refractivity contribution in [2.24, 2.45) is 5.41 Å². The van der Waals surface area contributed by atoms with E-state index >= 15 is 0 Å². The molecule has 3 aromatic carbocycles. The van der Waals surface area contributed by atoms with E-state index < -0.39 is 0 Å². The average Bonchev–Trinajstić information content (AvgIpc) is 3.37. The molecule has 1 spiro atoms. The summed E-state index contributed by atoms with van der Waals surface area (Å²) in [6.07, 6.45) is 2.37. The van der Waals surface area contributed by atoms with Gasteiger partial charge in [-0.2, -0.15) is 0 Å². The van der Waals surface area contributed by atoms with Gasteiger partial charge in [-0.05, 0) is 89.6 Å². The maximum atomic E-state index is 13.7. The van der Waals surface area contributed by atoms with Gasteiger partial charge in [-0.1, -0.05) is 24.3 Å². The Kier molecular flexibility index (Phi) is 7.45. The SMILES string of the molecule is COc1ccc(CN2CC3(CCN(C(=O)Nc4cccc(F)c4)CC3)C3=C(Cc4cc(OC)ccc43)[C@@H]2CO)cc1. The number of anilines is 1. The fourth-order valence-corrected chi connectivity index (χ4v) is 6.93. The van der Waals surface area contributed by atoms with Crippen LogP contribution >= 0.6 is 0 Å². The van der Waals surface area contributed by atoms with Crippen molar-refractivity contribution in [2.45, 2.75) is 31.8 Å². The highest BCUT2D eigenvalue weighted by atomic mass is 19.1. The predicted octanol–water partition coefficient (Wildman–Crippen LogP) is 5.34. The lowest BCUT2D eigenvalue weighted by Gasteiger charge is -2.51. The van der Waals surface area contributed by atoms with Gasteiger partial charge < -0.3 is 24.8 Å². The van der Waals surface area contributed by atoms with Crippen molar-refractivity contribution in [3.05, 3.63) is 94.8 Å². The van der Waals surface area contributed by atoms with Gasteiger partial charge in [-0.15, -0.1) is 0 Å². The van der Waals surface area contributed by atoms with Crippen LogP contribution in [0.25, 0.3) is 5.57 Å². The molecule has 1 aliphatic carbocycles. The molecule has 41 heavy (non-hydrogen) atoms. The van der Waals surface area contributed by atoms with Gasteiger partial charge in [0.2, 0.25) is 0 Å². The molecule has 7 nitrogen and oxygen atoms in total. The van der Waals surface area contributed by atoms with Gasteiger partial charge in [-0.3, -0.25) is 4.90 Å². The van der Waals surface area contributed by atoms with E-state index in [1.54, 1.807) is 26.4 Å². The van der Waals surface area contributed by atoms with Gasteiger partial charge >= 0.3 is 6.03 Å². The summed E-state index contributed by atoms with van der Waals surface area (Å²) in [6, 6.07) is 20.1. The maximum absolute atomic E-state index is 13.7. The largest absolute Gasteiger partial charge is 0.497 e. The summed E-state index contributed by atoms with van der Waals surface area (Å²) in [4.78, 5) is 17.4. The predicted molar refractivity (Wildman–Crippen MR) is 157 cm³/mol. The minimum absolute atomic E-state index is 0.0400. The highest BCUT2D eigenvalue weighted by Gasteiger charge is 2.49. The van der Waals surface area contributed by atoms with Crippen molar-refractivity contribution in [1.29, 1.82) is 0 Å². The summed E-state index contributed by atoms with van der Waals surface area (Å²) in [5.41, 5.74) is 6.52. The van der Waals surface area contributed by atoms with Crippen molar-refractivity contribution in [1.82, 2.24) is 9.80 Å². The van der Waals surface area contributed by atoms with Crippen LogP contribution in [0.15, 0.2) is 72.3 Å². The number of piperidine rings is 1. The van der Waals surface area contributed by atoms with Gasteiger partial charge in [-0.25, -0.2) is 9.18 Å². The normalized spacial score (nSPS) is 19.6. The molecule has 0 saturated carbocycles. The fraction of sp³-hybridized carbons (Fsp3) is 0.364. The highest BCUT2D eigenvalue weighted by Crippen LogP contribution is 2.55. The smallest absolute Gasteiger partial charge is 0.321 e. The summed E-state index contributed by atoms with van der Waals surface area (Å²) >= 11 is 0. The number of likely N-dealkylation sites (tertiary alicyclic amines) is 1. The summed E-state index contributed by atoms with van der Waals surface area (Å²) in [5, 5.41) is 13.6. The van der Waals surface area contributed by atoms with Crippen molar-refractivity contribution in [3.63, 3.8) is 0 Å². The first-order valence-corrected chi connectivity index (χ1v) is 14.1. The van der Waals surface area contributed by atoms with E-state index in [-0.39, 0.29) is 29.9 Å². The van der Waals surface area contributed by atoms with E-state index in [4.69, 9.17) is 9.47 Å². The number of carbonyl (C=O) groups is 1. The first-order chi connectivity index (χ1) is 19.9. The number of aliphatic hydroxyl groups is 1. The van der Waals surface area contributed by atoms with Crippen LogP contribution in [0, 0.1) is 11.2 Å². The number of methoxy groups -OCH3 is 2. The summed E-state index contributed by atoms with van der Waals surface area (Å²) in [5.74, 6) is 1.27. The molecule has 3 aromatic rings. The molecule has 0 bridgehead atoms. The Bertz CT molecular complexity index is 1460. The number of nitrogens with zero attached hydrogens (tertiary/aromatic N) is 2. The molecule has 1 atom stereocenters. The quantitative estimate of drug-likeness (QED) is 0.428.